The Hall–Kier alpha value is -3.32. The summed E-state index contributed by atoms with van der Waals surface area (Å²) >= 11 is 0. The smallest absolute Gasteiger partial charge is 0.261 e. The van der Waals surface area contributed by atoms with Crippen LogP contribution in [0.1, 0.15) is 27.0 Å². The van der Waals surface area contributed by atoms with Gasteiger partial charge in [-0.2, -0.15) is 0 Å². The number of anilines is 2. The Morgan fingerprint density at radius 1 is 0.818 bits per heavy atom. The van der Waals surface area contributed by atoms with Crippen LogP contribution in [0.15, 0.2) is 71.6 Å². The van der Waals surface area contributed by atoms with Crippen LogP contribution in [0, 0.1) is 20.8 Å². The van der Waals surface area contributed by atoms with Gasteiger partial charge in [0.25, 0.3) is 15.9 Å². The third-order valence-electron chi connectivity index (χ3n) is 5.99. The van der Waals surface area contributed by atoms with Crippen LogP contribution in [0.25, 0.3) is 0 Å². The number of amides is 1. The molecule has 0 aromatic heterocycles. The summed E-state index contributed by atoms with van der Waals surface area (Å²) in [5, 5.41) is 0. The van der Waals surface area contributed by atoms with E-state index in [1.165, 1.54) is 17.7 Å². The molecule has 0 unspecified atom stereocenters. The number of nitrogens with one attached hydrogen (secondary N) is 1. The van der Waals surface area contributed by atoms with Crippen molar-refractivity contribution in [2.45, 2.75) is 25.7 Å². The highest BCUT2D eigenvalue weighted by molar-refractivity contribution is 7.92. The topological polar surface area (TPSA) is 69.7 Å². The Morgan fingerprint density at radius 2 is 1.52 bits per heavy atom. The molecule has 1 heterocycles. The lowest BCUT2D eigenvalue weighted by Gasteiger charge is -2.36. The Balaban J connectivity index is 1.49. The van der Waals surface area contributed by atoms with E-state index >= 15 is 0 Å². The highest BCUT2D eigenvalue weighted by atomic mass is 32.2. The van der Waals surface area contributed by atoms with Crippen LogP contribution >= 0.6 is 0 Å². The minimum Gasteiger partial charge on any atom is -0.368 e. The lowest BCUT2D eigenvalue weighted by molar-refractivity contribution is 0.0746. The van der Waals surface area contributed by atoms with Crippen LogP contribution in [0.5, 0.6) is 0 Å². The molecule has 1 aliphatic heterocycles. The molecule has 33 heavy (non-hydrogen) atoms. The van der Waals surface area contributed by atoms with Crippen molar-refractivity contribution in [3.05, 3.63) is 89.0 Å². The van der Waals surface area contributed by atoms with Gasteiger partial charge in [0, 0.05) is 43.1 Å². The van der Waals surface area contributed by atoms with Crippen molar-refractivity contribution in [3.63, 3.8) is 0 Å². The Morgan fingerprint density at radius 3 is 2.18 bits per heavy atom. The van der Waals surface area contributed by atoms with Crippen LogP contribution in [-0.4, -0.2) is 45.4 Å². The van der Waals surface area contributed by atoms with Gasteiger partial charge in [-0.1, -0.05) is 35.9 Å². The van der Waals surface area contributed by atoms with E-state index in [0.717, 1.165) is 29.9 Å². The second-order valence-electron chi connectivity index (χ2n) is 8.57. The van der Waals surface area contributed by atoms with Crippen LogP contribution in [0.2, 0.25) is 0 Å². The monoisotopic (exact) mass is 463 g/mol. The number of benzene rings is 3. The molecule has 6 nitrogen and oxygen atoms in total. The maximum Gasteiger partial charge on any atom is 0.261 e. The Labute approximate surface area is 195 Å². The first-order valence-electron chi connectivity index (χ1n) is 11.0. The average Bonchev–Trinajstić information content (AvgIpc) is 2.80. The van der Waals surface area contributed by atoms with Gasteiger partial charge in [-0.3, -0.25) is 9.52 Å². The fourth-order valence-corrected chi connectivity index (χ4v) is 5.08. The van der Waals surface area contributed by atoms with Gasteiger partial charge in [0.2, 0.25) is 0 Å². The summed E-state index contributed by atoms with van der Waals surface area (Å²) in [5.41, 5.74) is 5.08. The fraction of sp³-hybridized carbons (Fsp3) is 0.269. The lowest BCUT2D eigenvalue weighted by atomic mass is 10.1. The molecule has 0 saturated carbocycles. The number of aryl methyl sites for hydroxylation is 3. The summed E-state index contributed by atoms with van der Waals surface area (Å²) in [4.78, 5) is 17.4. The number of carbonyl (C=O) groups is 1. The largest absolute Gasteiger partial charge is 0.368 e. The molecule has 0 aliphatic carbocycles. The summed E-state index contributed by atoms with van der Waals surface area (Å²) < 4.78 is 28.5. The van der Waals surface area contributed by atoms with E-state index in [9.17, 15) is 13.2 Å². The zero-order valence-corrected chi connectivity index (χ0v) is 20.0. The van der Waals surface area contributed by atoms with Gasteiger partial charge in [-0.25, -0.2) is 8.42 Å². The predicted octanol–water partition coefficient (Wildman–Crippen LogP) is 4.38. The molecule has 3 aromatic rings. The SMILES string of the molecule is Cc1ccc(NS(=O)(=O)c2ccc(C)c(C(=O)N3CCN(c4cccc(C)c4)CC3)c2)cc1. The van der Waals surface area contributed by atoms with Crippen molar-refractivity contribution in [2.75, 3.05) is 35.8 Å². The van der Waals surface area contributed by atoms with Crippen molar-refractivity contribution >= 4 is 27.3 Å². The highest BCUT2D eigenvalue weighted by Gasteiger charge is 2.25. The average molecular weight is 464 g/mol. The molecule has 0 bridgehead atoms. The Kier molecular flexibility index (Phi) is 6.42. The molecule has 1 fully saturated rings. The molecular formula is C26H29N3O3S. The first kappa shape index (κ1) is 22.9. The molecule has 1 saturated heterocycles. The zero-order chi connectivity index (χ0) is 23.6. The van der Waals surface area contributed by atoms with Crippen molar-refractivity contribution < 1.29 is 13.2 Å². The normalized spacial score (nSPS) is 14.3. The van der Waals surface area contributed by atoms with Crippen molar-refractivity contribution in [1.29, 1.82) is 0 Å². The molecule has 1 N–H and O–H groups in total. The van der Waals surface area contributed by atoms with Crippen LogP contribution < -0.4 is 9.62 Å². The third kappa shape index (κ3) is 5.20. The third-order valence-corrected chi connectivity index (χ3v) is 7.37. The fourth-order valence-electron chi connectivity index (χ4n) is 4.00. The van der Waals surface area contributed by atoms with Crippen LogP contribution in [0.4, 0.5) is 11.4 Å². The van der Waals surface area contributed by atoms with Gasteiger partial charge < -0.3 is 9.80 Å². The summed E-state index contributed by atoms with van der Waals surface area (Å²) in [6, 6.07) is 20.2. The minimum absolute atomic E-state index is 0.0791. The number of rotatable bonds is 5. The molecule has 1 aliphatic rings. The molecule has 0 spiro atoms. The summed E-state index contributed by atoms with van der Waals surface area (Å²) in [7, 11) is -3.81. The molecule has 0 atom stereocenters. The van der Waals surface area contributed by atoms with E-state index in [0.29, 0.717) is 24.3 Å². The van der Waals surface area contributed by atoms with Crippen LogP contribution in [-0.2, 0) is 10.0 Å². The minimum atomic E-state index is -3.81. The van der Waals surface area contributed by atoms with Gasteiger partial charge in [0.15, 0.2) is 0 Å². The molecule has 4 rings (SSSR count). The van der Waals surface area contributed by atoms with E-state index in [1.54, 1.807) is 23.1 Å². The van der Waals surface area contributed by atoms with Crippen molar-refractivity contribution in [1.82, 2.24) is 4.90 Å². The van der Waals surface area contributed by atoms with Gasteiger partial charge in [-0.05, 0) is 68.3 Å². The van der Waals surface area contributed by atoms with Crippen molar-refractivity contribution in [2.24, 2.45) is 0 Å². The van der Waals surface area contributed by atoms with E-state index in [4.69, 9.17) is 0 Å². The molecule has 172 valence electrons. The first-order valence-corrected chi connectivity index (χ1v) is 12.5. The maximum absolute atomic E-state index is 13.3. The maximum atomic E-state index is 13.3. The van der Waals surface area contributed by atoms with E-state index < -0.39 is 10.0 Å². The van der Waals surface area contributed by atoms with Gasteiger partial charge in [0.1, 0.15) is 0 Å². The van der Waals surface area contributed by atoms with Gasteiger partial charge >= 0.3 is 0 Å². The summed E-state index contributed by atoms with van der Waals surface area (Å²) in [5.74, 6) is -0.135. The first-order chi connectivity index (χ1) is 15.7. The Bertz CT molecular complexity index is 1260. The lowest BCUT2D eigenvalue weighted by Crippen LogP contribution is -2.49. The predicted molar refractivity (Wildman–Crippen MR) is 132 cm³/mol. The van der Waals surface area contributed by atoms with E-state index in [2.05, 4.69) is 34.7 Å². The standard InChI is InChI=1S/C26H29N3O3S/c1-19-7-10-22(11-8-19)27-33(31,32)24-12-9-21(3)25(18-24)26(30)29-15-13-28(14-16-29)23-6-4-5-20(2)17-23/h4-12,17-18,27H,13-16H2,1-3H3. The number of nitrogens with zero attached hydrogens (tertiary/aromatic N) is 2. The second-order valence-corrected chi connectivity index (χ2v) is 10.2. The van der Waals surface area contributed by atoms with Crippen LogP contribution in [0.3, 0.4) is 0 Å². The van der Waals surface area contributed by atoms with E-state index in [-0.39, 0.29) is 10.8 Å². The zero-order valence-electron chi connectivity index (χ0n) is 19.2. The second kappa shape index (κ2) is 9.27. The quantitative estimate of drug-likeness (QED) is 0.610. The van der Waals surface area contributed by atoms with E-state index in [1.807, 2.05) is 32.0 Å². The number of piperazine rings is 1. The molecule has 3 aromatic carbocycles. The van der Waals surface area contributed by atoms with Gasteiger partial charge in [0.05, 0.1) is 4.90 Å². The molecular weight excluding hydrogens is 434 g/mol. The summed E-state index contributed by atoms with van der Waals surface area (Å²) in [6.07, 6.45) is 0. The number of hydrogen-bond donors (Lipinski definition) is 1. The number of hydrogen-bond acceptors (Lipinski definition) is 4. The highest BCUT2D eigenvalue weighted by Crippen LogP contribution is 2.23. The number of carbonyl (C=O) groups excluding carboxylic acids is 1. The summed E-state index contributed by atoms with van der Waals surface area (Å²) in [6.45, 7) is 8.50. The van der Waals surface area contributed by atoms with Gasteiger partial charge in [-0.15, -0.1) is 0 Å². The molecule has 0 radical (unpaired) electrons. The number of sulfonamides is 1. The van der Waals surface area contributed by atoms with Crippen molar-refractivity contribution in [3.8, 4) is 0 Å². The molecule has 7 heteroatoms. The molecule has 1 amide bonds.